The first-order valence-electron chi connectivity index (χ1n) is 13.2. The number of benzene rings is 2. The number of carbonyl (C=O) groups is 1. The zero-order valence-corrected chi connectivity index (χ0v) is 25.7. The first kappa shape index (κ1) is 30.8. The molecule has 1 aromatic heterocycles. The minimum Gasteiger partial charge on any atom is -0.493 e. The number of allylic oxidation sites excluding steroid dienone is 1. The zero-order chi connectivity index (χ0) is 29.5. The maximum absolute atomic E-state index is 13.9. The largest absolute Gasteiger partial charge is 0.493 e. The third-order valence-electron chi connectivity index (χ3n) is 6.51. The van der Waals surface area contributed by atoms with Gasteiger partial charge < -0.3 is 18.9 Å². The van der Waals surface area contributed by atoms with Crippen molar-refractivity contribution in [2.24, 2.45) is 4.99 Å². The second-order valence-corrected chi connectivity index (χ2v) is 11.2. The van der Waals surface area contributed by atoms with Crippen LogP contribution in [0.5, 0.6) is 11.5 Å². The van der Waals surface area contributed by atoms with Crippen molar-refractivity contribution in [3.8, 4) is 11.5 Å². The van der Waals surface area contributed by atoms with Gasteiger partial charge in [0.1, 0.15) is 6.61 Å². The minimum atomic E-state index is -0.805. The fourth-order valence-corrected chi connectivity index (χ4v) is 5.81. The lowest BCUT2D eigenvalue weighted by atomic mass is 9.95. The Morgan fingerprint density at radius 1 is 1.05 bits per heavy atom. The van der Waals surface area contributed by atoms with Crippen molar-refractivity contribution in [1.29, 1.82) is 0 Å². The smallest absolute Gasteiger partial charge is 0.338 e. The molecule has 2 aromatic carbocycles. The van der Waals surface area contributed by atoms with Gasteiger partial charge in [-0.25, -0.2) is 9.79 Å². The molecule has 1 unspecified atom stereocenters. The van der Waals surface area contributed by atoms with Gasteiger partial charge in [0.2, 0.25) is 0 Å². The van der Waals surface area contributed by atoms with E-state index in [-0.39, 0.29) is 24.3 Å². The molecule has 218 valence electrons. The van der Waals surface area contributed by atoms with E-state index in [2.05, 4.69) is 11.9 Å². The Morgan fingerprint density at radius 2 is 1.85 bits per heavy atom. The van der Waals surface area contributed by atoms with Crippen molar-refractivity contribution in [3.63, 3.8) is 0 Å². The third kappa shape index (κ3) is 7.04. The standard InChI is InChI=1S/C30H32Cl2N2O6S/c1-5-6-7-12-39-23-11-9-20(17-24(23)38-4)27-26(29(36)40-14-13-37-3)18(2)33-30-34(27)28(35)25(41-30)16-19-8-10-21(31)22(32)15-19/h8-11,15-17,27H,5-7,12-14H2,1-4H3. The maximum Gasteiger partial charge on any atom is 0.338 e. The number of halogens is 2. The highest BCUT2D eigenvalue weighted by molar-refractivity contribution is 7.07. The summed E-state index contributed by atoms with van der Waals surface area (Å²) in [5.41, 5.74) is 1.77. The van der Waals surface area contributed by atoms with Crippen LogP contribution in [0, 0.1) is 0 Å². The second-order valence-electron chi connectivity index (χ2n) is 9.35. The molecule has 11 heteroatoms. The van der Waals surface area contributed by atoms with Crippen molar-refractivity contribution >= 4 is 46.6 Å². The fourth-order valence-electron chi connectivity index (χ4n) is 4.45. The van der Waals surface area contributed by atoms with E-state index in [1.807, 2.05) is 6.07 Å². The molecular weight excluding hydrogens is 587 g/mol. The lowest BCUT2D eigenvalue weighted by Gasteiger charge is -2.25. The minimum absolute atomic E-state index is 0.0639. The molecular formula is C30H32Cl2N2O6S. The normalized spacial score (nSPS) is 15.0. The molecule has 0 N–H and O–H groups in total. The number of hydrogen-bond acceptors (Lipinski definition) is 8. The fraction of sp³-hybridized carbons (Fsp3) is 0.367. The van der Waals surface area contributed by atoms with E-state index in [9.17, 15) is 9.59 Å². The van der Waals surface area contributed by atoms with Gasteiger partial charge in [-0.1, -0.05) is 66.4 Å². The number of esters is 1. The molecule has 8 nitrogen and oxygen atoms in total. The molecule has 4 rings (SSSR count). The van der Waals surface area contributed by atoms with Crippen LogP contribution in [0.3, 0.4) is 0 Å². The highest BCUT2D eigenvalue weighted by Crippen LogP contribution is 2.36. The van der Waals surface area contributed by atoms with Gasteiger partial charge in [-0.2, -0.15) is 0 Å². The van der Waals surface area contributed by atoms with Crippen LogP contribution >= 0.6 is 34.5 Å². The van der Waals surface area contributed by atoms with Crippen molar-refractivity contribution in [2.45, 2.75) is 39.2 Å². The first-order chi connectivity index (χ1) is 19.8. The Morgan fingerprint density at radius 3 is 2.56 bits per heavy atom. The van der Waals surface area contributed by atoms with E-state index in [1.54, 1.807) is 50.4 Å². The van der Waals surface area contributed by atoms with Gasteiger partial charge in [-0.3, -0.25) is 9.36 Å². The van der Waals surface area contributed by atoms with Gasteiger partial charge in [-0.15, -0.1) is 0 Å². The number of rotatable bonds is 12. The van der Waals surface area contributed by atoms with Gasteiger partial charge in [0.15, 0.2) is 16.3 Å². The molecule has 1 aliphatic rings. The Balaban J connectivity index is 1.84. The van der Waals surface area contributed by atoms with Crippen LogP contribution < -0.4 is 24.4 Å². The van der Waals surface area contributed by atoms with Gasteiger partial charge in [-0.05, 0) is 54.8 Å². The average Bonchev–Trinajstić information content (AvgIpc) is 3.26. The highest BCUT2D eigenvalue weighted by Gasteiger charge is 2.34. The predicted octanol–water partition coefficient (Wildman–Crippen LogP) is 5.31. The molecule has 0 aliphatic carbocycles. The summed E-state index contributed by atoms with van der Waals surface area (Å²) in [6, 6.07) is 9.75. The summed E-state index contributed by atoms with van der Waals surface area (Å²) in [5, 5.41) is 0.802. The van der Waals surface area contributed by atoms with Crippen molar-refractivity contribution in [3.05, 3.63) is 88.5 Å². The molecule has 0 saturated heterocycles. The maximum atomic E-state index is 13.9. The Kier molecular flexibility index (Phi) is 10.7. The summed E-state index contributed by atoms with van der Waals surface area (Å²) >= 11 is 13.5. The molecule has 3 aromatic rings. The van der Waals surface area contributed by atoms with Crippen molar-refractivity contribution < 1.29 is 23.7 Å². The summed E-state index contributed by atoms with van der Waals surface area (Å²) in [7, 11) is 3.08. The summed E-state index contributed by atoms with van der Waals surface area (Å²) < 4.78 is 24.1. The molecule has 0 bridgehead atoms. The SMILES string of the molecule is CCCCCOc1ccc(C2C(C(=O)OCCOC)=C(C)N=c3sc(=Cc4ccc(Cl)c(Cl)c4)c(=O)n32)cc1OC. The average molecular weight is 620 g/mol. The van der Waals surface area contributed by atoms with E-state index < -0.39 is 12.0 Å². The van der Waals surface area contributed by atoms with Gasteiger partial charge in [0, 0.05) is 7.11 Å². The van der Waals surface area contributed by atoms with Crippen LogP contribution in [0.15, 0.2) is 57.5 Å². The van der Waals surface area contributed by atoms with Crippen molar-refractivity contribution in [1.82, 2.24) is 4.57 Å². The zero-order valence-electron chi connectivity index (χ0n) is 23.4. The molecule has 0 saturated carbocycles. The summed E-state index contributed by atoms with van der Waals surface area (Å²) in [6.07, 6.45) is 4.81. The number of ether oxygens (including phenoxy) is 4. The van der Waals surface area contributed by atoms with Gasteiger partial charge >= 0.3 is 5.97 Å². The predicted molar refractivity (Wildman–Crippen MR) is 161 cm³/mol. The van der Waals surface area contributed by atoms with Crippen LogP contribution in [-0.4, -0.2) is 44.6 Å². The number of methoxy groups -OCH3 is 2. The number of thiazole rings is 1. The second kappa shape index (κ2) is 14.2. The van der Waals surface area contributed by atoms with Crippen LogP contribution in [0.4, 0.5) is 0 Å². The number of unbranched alkanes of at least 4 members (excludes halogenated alkanes) is 2. The summed E-state index contributed by atoms with van der Waals surface area (Å²) in [4.78, 5) is 32.4. The lowest BCUT2D eigenvalue weighted by molar-refractivity contribution is -0.140. The monoisotopic (exact) mass is 618 g/mol. The van der Waals surface area contributed by atoms with E-state index >= 15 is 0 Å². The van der Waals surface area contributed by atoms with Crippen LogP contribution in [0.1, 0.15) is 50.3 Å². The Hall–Kier alpha value is -3.11. The number of carbonyl (C=O) groups excluding carboxylic acids is 1. The van der Waals surface area contributed by atoms with Gasteiger partial charge in [0.25, 0.3) is 5.56 Å². The number of fused-ring (bicyclic) bond motifs is 1. The first-order valence-corrected chi connectivity index (χ1v) is 14.8. The third-order valence-corrected chi connectivity index (χ3v) is 8.23. The molecule has 0 spiro atoms. The van der Waals surface area contributed by atoms with E-state index in [4.69, 9.17) is 42.1 Å². The Bertz CT molecular complexity index is 1630. The molecule has 41 heavy (non-hydrogen) atoms. The van der Waals surface area contributed by atoms with Crippen LogP contribution in [-0.2, 0) is 14.3 Å². The van der Waals surface area contributed by atoms with Crippen molar-refractivity contribution in [2.75, 3.05) is 34.0 Å². The molecule has 0 amide bonds. The molecule has 0 fully saturated rings. The molecule has 1 atom stereocenters. The highest BCUT2D eigenvalue weighted by atomic mass is 35.5. The van der Waals surface area contributed by atoms with E-state index in [0.29, 0.717) is 54.3 Å². The van der Waals surface area contributed by atoms with Crippen LogP contribution in [0.25, 0.3) is 6.08 Å². The lowest BCUT2D eigenvalue weighted by Crippen LogP contribution is -2.40. The number of aromatic nitrogens is 1. The van der Waals surface area contributed by atoms with Crippen LogP contribution in [0.2, 0.25) is 10.0 Å². The number of nitrogens with zero attached hydrogens (tertiary/aromatic N) is 2. The molecule has 2 heterocycles. The molecule has 1 aliphatic heterocycles. The van der Waals surface area contributed by atoms with Gasteiger partial charge in [0.05, 0.1) is 52.2 Å². The van der Waals surface area contributed by atoms with E-state index in [0.717, 1.165) is 19.3 Å². The topological polar surface area (TPSA) is 88.4 Å². The quantitative estimate of drug-likeness (QED) is 0.202. The Labute approximate surface area is 252 Å². The molecule has 0 radical (unpaired) electrons. The van der Waals surface area contributed by atoms with E-state index in [1.165, 1.54) is 23.0 Å². The summed E-state index contributed by atoms with van der Waals surface area (Å²) in [6.45, 7) is 4.73. The number of hydrogen-bond donors (Lipinski definition) is 0. The summed E-state index contributed by atoms with van der Waals surface area (Å²) in [5.74, 6) is 0.508.